The molecule has 0 aromatic heterocycles. The Bertz CT molecular complexity index is 663. The molecular weight excluding hydrogens is 256 g/mol. The number of carbonyl (C=O) groups excluding carboxylic acids is 1. The van der Waals surface area contributed by atoms with Gasteiger partial charge in [0.2, 0.25) is 0 Å². The van der Waals surface area contributed by atoms with Crippen LogP contribution in [0.4, 0.5) is 0 Å². The molecule has 2 aromatic carbocycles. The zero-order chi connectivity index (χ0) is 14.1. The molecule has 1 aliphatic rings. The topological polar surface area (TPSA) is 55.8 Å². The first-order valence-corrected chi connectivity index (χ1v) is 6.35. The number of phenolic OH excluding ortho intramolecular Hbond substituents is 1. The molecule has 4 nitrogen and oxygen atoms in total. The second-order valence-corrected chi connectivity index (χ2v) is 4.69. The van der Waals surface area contributed by atoms with Crippen molar-refractivity contribution in [2.75, 3.05) is 7.11 Å². The molecule has 20 heavy (non-hydrogen) atoms. The van der Waals surface area contributed by atoms with E-state index in [1.165, 1.54) is 6.07 Å². The molecule has 0 radical (unpaired) electrons. The first kappa shape index (κ1) is 12.5. The van der Waals surface area contributed by atoms with E-state index in [-0.39, 0.29) is 24.1 Å². The summed E-state index contributed by atoms with van der Waals surface area (Å²) in [5, 5.41) is 9.67. The molecule has 3 rings (SSSR count). The maximum absolute atomic E-state index is 11.8. The molecule has 102 valence electrons. The Balaban J connectivity index is 2.15. The third-order valence-corrected chi connectivity index (χ3v) is 3.48. The van der Waals surface area contributed by atoms with Gasteiger partial charge in [0.25, 0.3) is 0 Å². The summed E-state index contributed by atoms with van der Waals surface area (Å²) in [6.07, 6.45) is 0.233. The van der Waals surface area contributed by atoms with Crippen LogP contribution in [-0.2, 0) is 4.79 Å². The molecule has 1 heterocycles. The van der Waals surface area contributed by atoms with Crippen molar-refractivity contribution in [3.05, 3.63) is 53.6 Å². The minimum Gasteiger partial charge on any atom is -0.508 e. The van der Waals surface area contributed by atoms with Crippen molar-refractivity contribution in [1.82, 2.24) is 0 Å². The number of carbonyl (C=O) groups is 1. The van der Waals surface area contributed by atoms with E-state index in [0.29, 0.717) is 5.75 Å². The number of benzene rings is 2. The number of aromatic hydroxyl groups is 1. The number of methoxy groups -OCH3 is 1. The van der Waals surface area contributed by atoms with Gasteiger partial charge < -0.3 is 14.6 Å². The Morgan fingerprint density at radius 1 is 1.20 bits per heavy atom. The second-order valence-electron chi connectivity index (χ2n) is 4.69. The summed E-state index contributed by atoms with van der Waals surface area (Å²) in [5.41, 5.74) is 1.72. The van der Waals surface area contributed by atoms with Crippen LogP contribution in [0, 0.1) is 0 Å². The minimum absolute atomic E-state index is 0.154. The SMILES string of the molecule is COc1ccccc1[C@@H]1CC(=O)Oc2ccc(O)cc21. The predicted molar refractivity (Wildman–Crippen MR) is 73.2 cm³/mol. The Hall–Kier alpha value is -2.49. The zero-order valence-corrected chi connectivity index (χ0v) is 11.0. The van der Waals surface area contributed by atoms with Crippen LogP contribution in [0.2, 0.25) is 0 Å². The maximum Gasteiger partial charge on any atom is 0.312 e. The summed E-state index contributed by atoms with van der Waals surface area (Å²) in [6, 6.07) is 12.3. The largest absolute Gasteiger partial charge is 0.508 e. The molecule has 0 amide bonds. The quantitative estimate of drug-likeness (QED) is 0.673. The van der Waals surface area contributed by atoms with Gasteiger partial charge in [-0.2, -0.15) is 0 Å². The number of esters is 1. The molecule has 1 atom stereocenters. The van der Waals surface area contributed by atoms with Gasteiger partial charge in [0.1, 0.15) is 17.2 Å². The molecule has 0 fully saturated rings. The molecule has 1 N–H and O–H groups in total. The highest BCUT2D eigenvalue weighted by Gasteiger charge is 2.30. The van der Waals surface area contributed by atoms with Crippen LogP contribution in [0.5, 0.6) is 17.2 Å². The number of rotatable bonds is 2. The predicted octanol–water partition coefficient (Wildman–Crippen LogP) is 2.84. The van der Waals surface area contributed by atoms with Crippen LogP contribution in [0.15, 0.2) is 42.5 Å². The van der Waals surface area contributed by atoms with Crippen molar-refractivity contribution in [1.29, 1.82) is 0 Å². The van der Waals surface area contributed by atoms with Crippen LogP contribution < -0.4 is 9.47 Å². The first-order chi connectivity index (χ1) is 9.69. The molecule has 2 aromatic rings. The van der Waals surface area contributed by atoms with Crippen molar-refractivity contribution in [3.8, 4) is 17.2 Å². The molecule has 0 bridgehead atoms. The smallest absolute Gasteiger partial charge is 0.312 e. The van der Waals surface area contributed by atoms with Gasteiger partial charge in [-0.25, -0.2) is 0 Å². The lowest BCUT2D eigenvalue weighted by Gasteiger charge is -2.26. The highest BCUT2D eigenvalue weighted by atomic mass is 16.5. The van der Waals surface area contributed by atoms with Gasteiger partial charge in [-0.05, 0) is 24.3 Å². The summed E-state index contributed by atoms with van der Waals surface area (Å²) in [4.78, 5) is 11.8. The Morgan fingerprint density at radius 3 is 2.80 bits per heavy atom. The lowest BCUT2D eigenvalue weighted by atomic mass is 9.86. The third-order valence-electron chi connectivity index (χ3n) is 3.48. The Morgan fingerprint density at radius 2 is 2.00 bits per heavy atom. The van der Waals surface area contributed by atoms with Gasteiger partial charge in [0.05, 0.1) is 13.5 Å². The Labute approximate surface area is 116 Å². The lowest BCUT2D eigenvalue weighted by Crippen LogP contribution is -2.21. The lowest BCUT2D eigenvalue weighted by molar-refractivity contribution is -0.135. The highest BCUT2D eigenvalue weighted by molar-refractivity contribution is 5.78. The second kappa shape index (κ2) is 4.89. The molecule has 0 saturated carbocycles. The van der Waals surface area contributed by atoms with Crippen molar-refractivity contribution in [2.24, 2.45) is 0 Å². The van der Waals surface area contributed by atoms with Crippen LogP contribution in [0.1, 0.15) is 23.5 Å². The van der Waals surface area contributed by atoms with E-state index < -0.39 is 0 Å². The van der Waals surface area contributed by atoms with Gasteiger partial charge in [-0.1, -0.05) is 18.2 Å². The fourth-order valence-electron chi connectivity index (χ4n) is 2.57. The summed E-state index contributed by atoms with van der Waals surface area (Å²) >= 11 is 0. The minimum atomic E-state index is -0.279. The summed E-state index contributed by atoms with van der Waals surface area (Å²) in [6.45, 7) is 0. The Kier molecular flexibility index (Phi) is 3.06. The molecule has 0 saturated heterocycles. The summed E-state index contributed by atoms with van der Waals surface area (Å²) in [5.74, 6) is 0.923. The van der Waals surface area contributed by atoms with Gasteiger partial charge in [-0.15, -0.1) is 0 Å². The van der Waals surface area contributed by atoms with E-state index in [1.54, 1.807) is 19.2 Å². The third kappa shape index (κ3) is 2.09. The van der Waals surface area contributed by atoms with Gasteiger partial charge in [0.15, 0.2) is 0 Å². The van der Waals surface area contributed by atoms with Crippen molar-refractivity contribution in [3.63, 3.8) is 0 Å². The fraction of sp³-hybridized carbons (Fsp3) is 0.188. The van der Waals surface area contributed by atoms with E-state index in [9.17, 15) is 9.90 Å². The van der Waals surface area contributed by atoms with Crippen LogP contribution >= 0.6 is 0 Å². The number of hydrogen-bond donors (Lipinski definition) is 1. The number of hydrogen-bond acceptors (Lipinski definition) is 4. The van der Waals surface area contributed by atoms with E-state index in [4.69, 9.17) is 9.47 Å². The van der Waals surface area contributed by atoms with E-state index in [2.05, 4.69) is 0 Å². The van der Waals surface area contributed by atoms with Crippen LogP contribution in [0.3, 0.4) is 0 Å². The average Bonchev–Trinajstić information content (AvgIpc) is 2.47. The molecule has 4 heteroatoms. The van der Waals surface area contributed by atoms with Gasteiger partial charge in [0, 0.05) is 17.0 Å². The number of ether oxygens (including phenoxy) is 2. The van der Waals surface area contributed by atoms with Crippen LogP contribution in [0.25, 0.3) is 0 Å². The van der Waals surface area contributed by atoms with Crippen molar-refractivity contribution >= 4 is 5.97 Å². The molecule has 1 aliphatic heterocycles. The molecule has 0 unspecified atom stereocenters. The molecule has 0 spiro atoms. The monoisotopic (exact) mass is 270 g/mol. The first-order valence-electron chi connectivity index (χ1n) is 6.35. The van der Waals surface area contributed by atoms with E-state index in [1.807, 2.05) is 24.3 Å². The summed E-state index contributed by atoms with van der Waals surface area (Å²) < 4.78 is 10.6. The van der Waals surface area contributed by atoms with Gasteiger partial charge in [-0.3, -0.25) is 4.79 Å². The fourth-order valence-corrected chi connectivity index (χ4v) is 2.57. The van der Waals surface area contributed by atoms with Crippen molar-refractivity contribution < 1.29 is 19.4 Å². The summed E-state index contributed by atoms with van der Waals surface area (Å²) in [7, 11) is 1.60. The zero-order valence-electron chi connectivity index (χ0n) is 11.0. The number of phenols is 1. The molecule has 0 aliphatic carbocycles. The maximum atomic E-state index is 11.8. The standard InChI is InChI=1S/C16H14O4/c1-19-14-5-3-2-4-11(14)12-9-16(18)20-15-7-6-10(17)8-13(12)15/h2-8,12,17H,9H2,1H3/t12-/m0/s1. The van der Waals surface area contributed by atoms with E-state index >= 15 is 0 Å². The van der Waals surface area contributed by atoms with Gasteiger partial charge >= 0.3 is 5.97 Å². The normalized spacial score (nSPS) is 17.2. The molecular formula is C16H14O4. The highest BCUT2D eigenvalue weighted by Crippen LogP contribution is 2.42. The number of fused-ring (bicyclic) bond motifs is 1. The average molecular weight is 270 g/mol. The number of para-hydroxylation sites is 1. The van der Waals surface area contributed by atoms with Crippen LogP contribution in [-0.4, -0.2) is 18.2 Å². The van der Waals surface area contributed by atoms with E-state index in [0.717, 1.165) is 16.9 Å². The van der Waals surface area contributed by atoms with Crippen molar-refractivity contribution in [2.45, 2.75) is 12.3 Å².